The lowest BCUT2D eigenvalue weighted by Crippen LogP contribution is -2.30. The fourth-order valence-electron chi connectivity index (χ4n) is 5.11. The summed E-state index contributed by atoms with van der Waals surface area (Å²) in [6.07, 6.45) is 3.72. The Morgan fingerprint density at radius 1 is 0.947 bits per heavy atom. The summed E-state index contributed by atoms with van der Waals surface area (Å²) in [5, 5.41) is 7.31. The van der Waals surface area contributed by atoms with Crippen molar-refractivity contribution in [2.45, 2.75) is 33.2 Å². The number of rotatable bonds is 4. The predicted octanol–water partition coefficient (Wildman–Crippen LogP) is 5.78. The van der Waals surface area contributed by atoms with Crippen LogP contribution in [0.1, 0.15) is 43.0 Å². The molecule has 6 rings (SSSR count). The first-order valence-electron chi connectivity index (χ1n) is 12.7. The zero-order chi connectivity index (χ0) is 26.4. The number of aromatic nitrogens is 3. The molecule has 0 spiro atoms. The number of pyridine rings is 1. The number of benzene rings is 3. The van der Waals surface area contributed by atoms with Gasteiger partial charge in [0.1, 0.15) is 0 Å². The topological polar surface area (TPSA) is 91.3 Å². The molecule has 0 saturated carbocycles. The number of nitrogens with one attached hydrogen (secondary N) is 1. The molecule has 0 aliphatic carbocycles. The highest BCUT2D eigenvalue weighted by atomic mass is 16.2. The molecule has 1 unspecified atom stereocenters. The maximum absolute atomic E-state index is 13.7. The minimum Gasteiger partial charge on any atom is -0.321 e. The van der Waals surface area contributed by atoms with E-state index in [0.29, 0.717) is 17.7 Å². The number of nitrogens with zero attached hydrogens (tertiary/aromatic N) is 4. The van der Waals surface area contributed by atoms with E-state index in [0.717, 1.165) is 44.2 Å². The van der Waals surface area contributed by atoms with Crippen molar-refractivity contribution in [3.8, 4) is 11.1 Å². The first kappa shape index (κ1) is 23.7. The Balaban J connectivity index is 1.55. The molecule has 1 amide bonds. The van der Waals surface area contributed by atoms with Gasteiger partial charge in [0.15, 0.2) is 0 Å². The molecule has 2 aromatic heterocycles. The van der Waals surface area contributed by atoms with E-state index >= 15 is 0 Å². The van der Waals surface area contributed by atoms with Crippen molar-refractivity contribution in [1.82, 2.24) is 20.0 Å². The van der Waals surface area contributed by atoms with Gasteiger partial charge in [0.05, 0.1) is 28.4 Å². The van der Waals surface area contributed by atoms with Gasteiger partial charge in [-0.25, -0.2) is 5.01 Å². The molecule has 3 heterocycles. The number of fused-ring (bicyclic) bond motifs is 2. The number of hydrogen-bond donors (Lipinski definition) is 1. The molecule has 1 N–H and O–H groups in total. The van der Waals surface area contributed by atoms with E-state index in [4.69, 9.17) is 5.10 Å². The molecular formula is C31H27N5O2. The minimum atomic E-state index is -0.358. The second-order valence-electron chi connectivity index (χ2n) is 10.0. The van der Waals surface area contributed by atoms with E-state index in [1.165, 1.54) is 0 Å². The van der Waals surface area contributed by atoms with Gasteiger partial charge in [-0.2, -0.15) is 5.10 Å². The van der Waals surface area contributed by atoms with Crippen molar-refractivity contribution < 1.29 is 4.79 Å². The molecule has 3 aromatic carbocycles. The quantitative estimate of drug-likeness (QED) is 0.338. The van der Waals surface area contributed by atoms with Crippen LogP contribution in [0.3, 0.4) is 0 Å². The number of amides is 1. The highest BCUT2D eigenvalue weighted by Crippen LogP contribution is 2.38. The van der Waals surface area contributed by atoms with Gasteiger partial charge in [0, 0.05) is 41.2 Å². The summed E-state index contributed by atoms with van der Waals surface area (Å²) in [6, 6.07) is 21.4. The second-order valence-corrected chi connectivity index (χ2v) is 10.0. The van der Waals surface area contributed by atoms with Crippen LogP contribution in [0.4, 0.5) is 0 Å². The van der Waals surface area contributed by atoms with E-state index in [1.54, 1.807) is 17.4 Å². The van der Waals surface area contributed by atoms with Crippen molar-refractivity contribution in [3.05, 3.63) is 106 Å². The van der Waals surface area contributed by atoms with Crippen LogP contribution in [0, 0.1) is 12.8 Å². The third kappa shape index (κ3) is 4.06. The van der Waals surface area contributed by atoms with E-state index in [9.17, 15) is 9.59 Å². The Hall–Kier alpha value is -4.65. The highest BCUT2D eigenvalue weighted by molar-refractivity contribution is 6.13. The van der Waals surface area contributed by atoms with Crippen molar-refractivity contribution in [2.75, 3.05) is 0 Å². The molecule has 0 saturated heterocycles. The molecule has 188 valence electrons. The Morgan fingerprint density at radius 3 is 2.45 bits per heavy atom. The van der Waals surface area contributed by atoms with E-state index in [2.05, 4.69) is 15.0 Å². The fourth-order valence-corrected chi connectivity index (χ4v) is 5.11. The Labute approximate surface area is 219 Å². The van der Waals surface area contributed by atoms with E-state index in [-0.39, 0.29) is 23.4 Å². The van der Waals surface area contributed by atoms with Crippen LogP contribution >= 0.6 is 0 Å². The summed E-state index contributed by atoms with van der Waals surface area (Å²) in [7, 11) is 0. The van der Waals surface area contributed by atoms with Gasteiger partial charge in [0.2, 0.25) is 5.91 Å². The average molecular weight is 502 g/mol. The van der Waals surface area contributed by atoms with Crippen molar-refractivity contribution in [1.29, 1.82) is 0 Å². The average Bonchev–Trinajstić information content (AvgIpc) is 3.37. The summed E-state index contributed by atoms with van der Waals surface area (Å²) in [4.78, 5) is 38.9. The zero-order valence-corrected chi connectivity index (χ0v) is 21.5. The number of hydrazone groups is 1. The SMILES string of the molecule is Cc1ccc(-c2c(C3=NN(C(=O)C(C)C)C(c4ccc5nccnc5c4)C3)c(=O)[nH]c3ccccc23)cc1. The summed E-state index contributed by atoms with van der Waals surface area (Å²) in [5.74, 6) is -0.356. The van der Waals surface area contributed by atoms with Gasteiger partial charge in [-0.3, -0.25) is 19.6 Å². The molecular weight excluding hydrogens is 474 g/mol. The molecule has 1 aliphatic heterocycles. The molecule has 0 radical (unpaired) electrons. The normalized spacial score (nSPS) is 15.4. The Bertz CT molecular complexity index is 1790. The summed E-state index contributed by atoms with van der Waals surface area (Å²) in [5.41, 5.74) is 6.95. The van der Waals surface area contributed by atoms with Crippen LogP contribution in [0.5, 0.6) is 0 Å². The molecule has 5 aromatic rings. The molecule has 1 aliphatic rings. The number of carbonyl (C=O) groups excluding carboxylic acids is 1. The first-order chi connectivity index (χ1) is 18.4. The monoisotopic (exact) mass is 501 g/mol. The number of hydrogen-bond acceptors (Lipinski definition) is 5. The van der Waals surface area contributed by atoms with Crippen LogP contribution in [0.25, 0.3) is 33.1 Å². The second kappa shape index (κ2) is 9.34. The molecule has 38 heavy (non-hydrogen) atoms. The maximum Gasteiger partial charge on any atom is 0.258 e. The first-order valence-corrected chi connectivity index (χ1v) is 12.7. The van der Waals surface area contributed by atoms with E-state index < -0.39 is 0 Å². The van der Waals surface area contributed by atoms with Crippen LogP contribution in [-0.2, 0) is 4.79 Å². The third-order valence-electron chi connectivity index (χ3n) is 7.06. The molecule has 7 heteroatoms. The minimum absolute atomic E-state index is 0.0988. The standard InChI is InChI=1S/C31H27N5O2/c1-18(2)31(38)36-27(21-12-13-24-25(16-21)33-15-14-32-24)17-26(35-36)29-28(20-10-8-19(3)9-11-20)22-6-4-5-7-23(22)34-30(29)37/h4-16,18,27H,17H2,1-3H3,(H,34,37). The molecule has 0 fully saturated rings. The van der Waals surface area contributed by atoms with Crippen LogP contribution < -0.4 is 5.56 Å². The van der Waals surface area contributed by atoms with Gasteiger partial charge >= 0.3 is 0 Å². The zero-order valence-electron chi connectivity index (χ0n) is 21.5. The van der Waals surface area contributed by atoms with Crippen LogP contribution in [0.2, 0.25) is 0 Å². The van der Waals surface area contributed by atoms with Crippen LogP contribution in [-0.4, -0.2) is 31.6 Å². The van der Waals surface area contributed by atoms with E-state index in [1.807, 2.05) is 87.5 Å². The lowest BCUT2D eigenvalue weighted by Gasteiger charge is -2.23. The molecule has 0 bridgehead atoms. The molecule has 1 atom stereocenters. The fraction of sp³-hybridized carbons (Fsp3) is 0.194. The number of carbonyl (C=O) groups is 1. The van der Waals surface area contributed by atoms with Gasteiger partial charge < -0.3 is 4.98 Å². The van der Waals surface area contributed by atoms with Crippen molar-refractivity contribution in [3.63, 3.8) is 0 Å². The van der Waals surface area contributed by atoms with Crippen molar-refractivity contribution >= 4 is 33.6 Å². The summed E-state index contributed by atoms with van der Waals surface area (Å²) >= 11 is 0. The maximum atomic E-state index is 13.7. The van der Waals surface area contributed by atoms with Crippen LogP contribution in [0.15, 0.2) is 89.0 Å². The number of para-hydroxylation sites is 1. The molecule has 7 nitrogen and oxygen atoms in total. The smallest absolute Gasteiger partial charge is 0.258 e. The van der Waals surface area contributed by atoms with Gasteiger partial charge in [0.25, 0.3) is 5.56 Å². The van der Waals surface area contributed by atoms with Gasteiger partial charge in [-0.05, 0) is 36.2 Å². The van der Waals surface area contributed by atoms with Gasteiger partial charge in [-0.1, -0.05) is 67.9 Å². The van der Waals surface area contributed by atoms with Crippen molar-refractivity contribution in [2.24, 2.45) is 11.0 Å². The number of aromatic amines is 1. The highest BCUT2D eigenvalue weighted by Gasteiger charge is 2.36. The number of H-pyrrole nitrogens is 1. The van der Waals surface area contributed by atoms with Gasteiger partial charge in [-0.15, -0.1) is 0 Å². The largest absolute Gasteiger partial charge is 0.321 e. The lowest BCUT2D eigenvalue weighted by molar-refractivity contribution is -0.136. The summed E-state index contributed by atoms with van der Waals surface area (Å²) < 4.78 is 0. The summed E-state index contributed by atoms with van der Waals surface area (Å²) in [6.45, 7) is 5.76. The Morgan fingerprint density at radius 2 is 1.68 bits per heavy atom. The lowest BCUT2D eigenvalue weighted by atomic mass is 9.90. The third-order valence-corrected chi connectivity index (χ3v) is 7.06. The predicted molar refractivity (Wildman–Crippen MR) is 150 cm³/mol. The Kier molecular flexibility index (Phi) is 5.83. The number of aryl methyl sites for hydroxylation is 1.